The lowest BCUT2D eigenvalue weighted by atomic mass is 9.85. The van der Waals surface area contributed by atoms with Crippen molar-refractivity contribution in [3.8, 4) is 0 Å². The SMILES string of the molecule is C1=CC2=Cc3ccccc3CC2=CC1. The Bertz CT molecular complexity index is 459. The van der Waals surface area contributed by atoms with Gasteiger partial charge in [-0.05, 0) is 41.2 Å². The van der Waals surface area contributed by atoms with Crippen LogP contribution in [0.3, 0.4) is 0 Å². The molecule has 0 heterocycles. The number of hydrogen-bond donors (Lipinski definition) is 0. The van der Waals surface area contributed by atoms with Crippen molar-refractivity contribution in [1.82, 2.24) is 0 Å². The van der Waals surface area contributed by atoms with Crippen LogP contribution in [0.4, 0.5) is 0 Å². The highest BCUT2D eigenvalue weighted by Crippen LogP contribution is 2.30. The van der Waals surface area contributed by atoms with Gasteiger partial charge in [-0.2, -0.15) is 0 Å². The fourth-order valence-corrected chi connectivity index (χ4v) is 2.15. The summed E-state index contributed by atoms with van der Waals surface area (Å²) >= 11 is 0. The van der Waals surface area contributed by atoms with Crippen molar-refractivity contribution >= 4 is 6.08 Å². The van der Waals surface area contributed by atoms with Gasteiger partial charge in [-0.15, -0.1) is 0 Å². The molecule has 0 atom stereocenters. The Morgan fingerprint density at radius 3 is 3.00 bits per heavy atom. The Hall–Kier alpha value is -1.56. The molecule has 0 aromatic heterocycles. The molecule has 0 bridgehead atoms. The molecule has 1 aromatic rings. The first kappa shape index (κ1) is 7.81. The molecular weight excluding hydrogens is 168 g/mol. The lowest BCUT2D eigenvalue weighted by Gasteiger charge is -2.19. The van der Waals surface area contributed by atoms with Gasteiger partial charge in [0.25, 0.3) is 0 Å². The van der Waals surface area contributed by atoms with Crippen LogP contribution in [0.15, 0.2) is 53.6 Å². The van der Waals surface area contributed by atoms with Gasteiger partial charge in [-0.25, -0.2) is 0 Å². The van der Waals surface area contributed by atoms with Crippen molar-refractivity contribution < 1.29 is 0 Å². The van der Waals surface area contributed by atoms with Crippen molar-refractivity contribution in [2.75, 3.05) is 0 Å². The van der Waals surface area contributed by atoms with Gasteiger partial charge in [0.15, 0.2) is 0 Å². The minimum Gasteiger partial charge on any atom is -0.0801 e. The van der Waals surface area contributed by atoms with E-state index in [9.17, 15) is 0 Å². The highest BCUT2D eigenvalue weighted by Gasteiger charge is 2.13. The lowest BCUT2D eigenvalue weighted by Crippen LogP contribution is -2.03. The molecule has 0 heteroatoms. The van der Waals surface area contributed by atoms with E-state index in [1.54, 1.807) is 0 Å². The largest absolute Gasteiger partial charge is 0.0801 e. The summed E-state index contributed by atoms with van der Waals surface area (Å²) in [7, 11) is 0. The van der Waals surface area contributed by atoms with Crippen molar-refractivity contribution in [1.29, 1.82) is 0 Å². The van der Waals surface area contributed by atoms with E-state index >= 15 is 0 Å². The van der Waals surface area contributed by atoms with Crippen LogP contribution in [-0.4, -0.2) is 0 Å². The van der Waals surface area contributed by atoms with E-state index in [0.717, 1.165) is 12.8 Å². The molecule has 0 saturated carbocycles. The van der Waals surface area contributed by atoms with Gasteiger partial charge in [0, 0.05) is 0 Å². The maximum Gasteiger partial charge on any atom is -0.00169 e. The Kier molecular flexibility index (Phi) is 1.66. The van der Waals surface area contributed by atoms with Crippen LogP contribution in [0.1, 0.15) is 17.5 Å². The number of rotatable bonds is 0. The summed E-state index contributed by atoms with van der Waals surface area (Å²) in [6.45, 7) is 0. The number of allylic oxidation sites excluding steroid dienone is 5. The van der Waals surface area contributed by atoms with E-state index in [1.807, 2.05) is 0 Å². The third kappa shape index (κ3) is 1.15. The molecule has 0 fully saturated rings. The molecule has 0 spiro atoms. The van der Waals surface area contributed by atoms with Crippen molar-refractivity contribution in [3.05, 3.63) is 64.8 Å². The summed E-state index contributed by atoms with van der Waals surface area (Å²) in [4.78, 5) is 0. The number of fused-ring (bicyclic) bond motifs is 2. The average molecular weight is 180 g/mol. The Morgan fingerprint density at radius 1 is 1.07 bits per heavy atom. The smallest absolute Gasteiger partial charge is 0.00169 e. The molecule has 0 aliphatic heterocycles. The van der Waals surface area contributed by atoms with Crippen LogP contribution < -0.4 is 0 Å². The van der Waals surface area contributed by atoms with Gasteiger partial charge in [-0.1, -0.05) is 42.5 Å². The van der Waals surface area contributed by atoms with Crippen LogP contribution in [-0.2, 0) is 6.42 Å². The molecule has 2 aliphatic rings. The van der Waals surface area contributed by atoms with Gasteiger partial charge in [-0.3, -0.25) is 0 Å². The van der Waals surface area contributed by atoms with E-state index < -0.39 is 0 Å². The van der Waals surface area contributed by atoms with Gasteiger partial charge < -0.3 is 0 Å². The maximum absolute atomic E-state index is 2.34. The van der Waals surface area contributed by atoms with Crippen LogP contribution in [0, 0.1) is 0 Å². The number of benzene rings is 1. The van der Waals surface area contributed by atoms with Crippen LogP contribution >= 0.6 is 0 Å². The Balaban J connectivity index is 2.17. The van der Waals surface area contributed by atoms with Gasteiger partial charge >= 0.3 is 0 Å². The topological polar surface area (TPSA) is 0 Å². The van der Waals surface area contributed by atoms with E-state index in [1.165, 1.54) is 22.3 Å². The molecule has 0 unspecified atom stereocenters. The average Bonchev–Trinajstić information content (AvgIpc) is 2.26. The second-order valence-electron chi connectivity index (χ2n) is 3.84. The first-order chi connectivity index (χ1) is 6.93. The van der Waals surface area contributed by atoms with Gasteiger partial charge in [0.05, 0.1) is 0 Å². The van der Waals surface area contributed by atoms with Crippen molar-refractivity contribution in [2.45, 2.75) is 12.8 Å². The predicted octanol–water partition coefficient (Wildman–Crippen LogP) is 3.51. The molecule has 1 aromatic carbocycles. The lowest BCUT2D eigenvalue weighted by molar-refractivity contribution is 1.10. The zero-order chi connectivity index (χ0) is 9.38. The summed E-state index contributed by atoms with van der Waals surface area (Å²) in [6.07, 6.45) is 11.3. The third-order valence-electron chi connectivity index (χ3n) is 2.92. The quantitative estimate of drug-likeness (QED) is 0.573. The summed E-state index contributed by atoms with van der Waals surface area (Å²) in [6, 6.07) is 8.65. The van der Waals surface area contributed by atoms with E-state index in [-0.39, 0.29) is 0 Å². The number of hydrogen-bond acceptors (Lipinski definition) is 0. The Morgan fingerprint density at radius 2 is 2.00 bits per heavy atom. The minimum absolute atomic E-state index is 1.09. The molecule has 68 valence electrons. The van der Waals surface area contributed by atoms with Crippen molar-refractivity contribution in [3.63, 3.8) is 0 Å². The zero-order valence-corrected chi connectivity index (χ0v) is 8.03. The fourth-order valence-electron chi connectivity index (χ4n) is 2.15. The van der Waals surface area contributed by atoms with Crippen LogP contribution in [0.25, 0.3) is 6.08 Å². The summed E-state index contributed by atoms with van der Waals surface area (Å²) in [5.74, 6) is 0. The third-order valence-corrected chi connectivity index (χ3v) is 2.92. The van der Waals surface area contributed by atoms with Crippen molar-refractivity contribution in [2.24, 2.45) is 0 Å². The van der Waals surface area contributed by atoms with E-state index in [4.69, 9.17) is 0 Å². The molecule has 0 N–H and O–H groups in total. The van der Waals surface area contributed by atoms with E-state index in [0.29, 0.717) is 0 Å². The minimum atomic E-state index is 1.09. The van der Waals surface area contributed by atoms with E-state index in [2.05, 4.69) is 48.6 Å². The molecule has 14 heavy (non-hydrogen) atoms. The second kappa shape index (κ2) is 2.98. The first-order valence-electron chi connectivity index (χ1n) is 5.09. The standard InChI is InChI=1S/C14H12/c1-2-6-12-10-14-8-4-3-7-13(14)9-11(12)5-1/h1-3,5-9H,4,10H2. The van der Waals surface area contributed by atoms with Gasteiger partial charge in [0.1, 0.15) is 0 Å². The Labute approximate surface area is 84.3 Å². The molecule has 0 amide bonds. The summed E-state index contributed by atoms with van der Waals surface area (Å²) < 4.78 is 0. The first-order valence-corrected chi connectivity index (χ1v) is 5.09. The second-order valence-corrected chi connectivity index (χ2v) is 3.84. The highest BCUT2D eigenvalue weighted by atomic mass is 14.2. The summed E-state index contributed by atoms with van der Waals surface area (Å²) in [5, 5.41) is 0. The summed E-state index contributed by atoms with van der Waals surface area (Å²) in [5.41, 5.74) is 5.73. The van der Waals surface area contributed by atoms with Crippen LogP contribution in [0.2, 0.25) is 0 Å². The molecule has 3 rings (SSSR count). The monoisotopic (exact) mass is 180 g/mol. The van der Waals surface area contributed by atoms with Gasteiger partial charge in [0.2, 0.25) is 0 Å². The van der Waals surface area contributed by atoms with Crippen LogP contribution in [0.5, 0.6) is 0 Å². The fraction of sp³-hybridized carbons (Fsp3) is 0.143. The zero-order valence-electron chi connectivity index (χ0n) is 8.03. The molecule has 0 saturated heterocycles. The normalized spacial score (nSPS) is 18.0. The maximum atomic E-state index is 2.34. The molecular formula is C14H12. The molecule has 2 aliphatic carbocycles. The predicted molar refractivity (Wildman–Crippen MR) is 60.0 cm³/mol. The molecule has 0 radical (unpaired) electrons. The highest BCUT2D eigenvalue weighted by molar-refractivity contribution is 5.70. The molecule has 0 nitrogen and oxygen atoms in total.